The van der Waals surface area contributed by atoms with Crippen LogP contribution in [-0.4, -0.2) is 26.1 Å². The summed E-state index contributed by atoms with van der Waals surface area (Å²) >= 11 is 1.27. The van der Waals surface area contributed by atoms with Crippen LogP contribution >= 0.6 is 11.3 Å². The Bertz CT molecular complexity index is 577. The summed E-state index contributed by atoms with van der Waals surface area (Å²) in [4.78, 5) is 12.4. The molecule has 0 fully saturated rings. The smallest absolute Gasteiger partial charge is 0.349 e. The maximum Gasteiger partial charge on any atom is 0.349 e. The number of hydrogen-bond donors (Lipinski definition) is 1. The lowest BCUT2D eigenvalue weighted by Crippen LogP contribution is -2.00. The fraction of sp³-hybridized carbons (Fsp3) is 0.417. The number of aryl methyl sites for hydroxylation is 2. The zero-order chi connectivity index (χ0) is 13.8. The van der Waals surface area contributed by atoms with Crippen LogP contribution in [-0.2, 0) is 20.1 Å². The fourth-order valence-electron chi connectivity index (χ4n) is 1.66. The molecule has 2 heterocycles. The van der Waals surface area contributed by atoms with Gasteiger partial charge in [0.05, 0.1) is 6.20 Å². The van der Waals surface area contributed by atoms with Crippen molar-refractivity contribution in [3.8, 4) is 5.75 Å². The highest BCUT2D eigenvalue weighted by atomic mass is 32.1. The normalized spacial score (nSPS) is 10.6. The Hall–Kier alpha value is -1.89. The van der Waals surface area contributed by atoms with Gasteiger partial charge in [-0.2, -0.15) is 0 Å². The predicted molar refractivity (Wildman–Crippen MR) is 70.6 cm³/mol. The second-order valence-corrected chi connectivity index (χ2v) is 5.27. The Morgan fingerprint density at radius 1 is 1.58 bits per heavy atom. The van der Waals surface area contributed by atoms with Crippen molar-refractivity contribution in [3.05, 3.63) is 27.7 Å². The molecule has 0 amide bonds. The van der Waals surface area contributed by atoms with Gasteiger partial charge in [0.1, 0.15) is 18.1 Å². The monoisotopic (exact) mass is 281 g/mol. The van der Waals surface area contributed by atoms with E-state index in [-0.39, 0.29) is 11.5 Å². The highest BCUT2D eigenvalue weighted by Crippen LogP contribution is 2.30. The SMILES string of the molecule is CCCc1cc(OCc2cn(C)nn2)c(C(=O)O)s1. The molecule has 0 unspecified atom stereocenters. The van der Waals surface area contributed by atoms with Gasteiger partial charge < -0.3 is 9.84 Å². The van der Waals surface area contributed by atoms with E-state index in [1.165, 1.54) is 11.3 Å². The highest BCUT2D eigenvalue weighted by Gasteiger charge is 2.17. The van der Waals surface area contributed by atoms with Crippen molar-refractivity contribution in [1.82, 2.24) is 15.0 Å². The first kappa shape index (κ1) is 13.5. The predicted octanol–water partition coefficient (Wildman–Crippen LogP) is 2.11. The summed E-state index contributed by atoms with van der Waals surface area (Å²) in [5.74, 6) is -0.548. The van der Waals surface area contributed by atoms with Crippen molar-refractivity contribution < 1.29 is 14.6 Å². The lowest BCUT2D eigenvalue weighted by molar-refractivity contribution is 0.0697. The van der Waals surface area contributed by atoms with Gasteiger partial charge >= 0.3 is 5.97 Å². The summed E-state index contributed by atoms with van der Waals surface area (Å²) in [6, 6.07) is 1.80. The summed E-state index contributed by atoms with van der Waals surface area (Å²) in [7, 11) is 1.77. The van der Waals surface area contributed by atoms with E-state index in [0.717, 1.165) is 17.7 Å². The zero-order valence-electron chi connectivity index (χ0n) is 10.8. The van der Waals surface area contributed by atoms with Crippen LogP contribution in [0.25, 0.3) is 0 Å². The fourth-order valence-corrected chi connectivity index (χ4v) is 2.70. The van der Waals surface area contributed by atoms with Crippen molar-refractivity contribution in [1.29, 1.82) is 0 Å². The second-order valence-electron chi connectivity index (χ2n) is 4.13. The van der Waals surface area contributed by atoms with E-state index in [1.54, 1.807) is 24.0 Å². The quantitative estimate of drug-likeness (QED) is 0.877. The molecule has 0 aromatic carbocycles. The molecular formula is C12H15N3O3S. The minimum absolute atomic E-state index is 0.219. The first-order valence-electron chi connectivity index (χ1n) is 5.94. The molecule has 7 heteroatoms. The molecule has 6 nitrogen and oxygen atoms in total. The van der Waals surface area contributed by atoms with Gasteiger partial charge in [-0.25, -0.2) is 4.79 Å². The number of carbonyl (C=O) groups is 1. The van der Waals surface area contributed by atoms with E-state index in [4.69, 9.17) is 9.84 Å². The largest absolute Gasteiger partial charge is 0.485 e. The number of carboxylic acid groups (broad SMARTS) is 1. The van der Waals surface area contributed by atoms with Gasteiger partial charge in [-0.1, -0.05) is 18.6 Å². The molecule has 0 spiro atoms. The van der Waals surface area contributed by atoms with Gasteiger partial charge in [0.15, 0.2) is 4.88 Å². The van der Waals surface area contributed by atoms with Crippen LogP contribution in [0.2, 0.25) is 0 Å². The Kier molecular flexibility index (Phi) is 4.16. The molecule has 0 aliphatic heterocycles. The lowest BCUT2D eigenvalue weighted by atomic mass is 10.3. The molecule has 0 bridgehead atoms. The molecular weight excluding hydrogens is 266 g/mol. The number of hydrogen-bond acceptors (Lipinski definition) is 5. The van der Waals surface area contributed by atoms with Crippen molar-refractivity contribution in [3.63, 3.8) is 0 Å². The molecule has 102 valence electrons. The molecule has 2 aromatic heterocycles. The standard InChI is InChI=1S/C12H15N3O3S/c1-3-4-9-5-10(11(19-9)12(16)17)18-7-8-6-15(2)14-13-8/h5-6H,3-4,7H2,1-2H3,(H,16,17). The lowest BCUT2D eigenvalue weighted by Gasteiger charge is -2.01. The Labute approximate surface area is 114 Å². The third-order valence-corrected chi connectivity index (χ3v) is 3.63. The first-order valence-corrected chi connectivity index (χ1v) is 6.75. The van der Waals surface area contributed by atoms with E-state index in [2.05, 4.69) is 17.2 Å². The molecule has 0 atom stereocenters. The first-order chi connectivity index (χ1) is 9.10. The molecule has 0 aliphatic rings. The van der Waals surface area contributed by atoms with Gasteiger partial charge in [0.2, 0.25) is 0 Å². The number of ether oxygens (including phenoxy) is 1. The van der Waals surface area contributed by atoms with E-state index in [9.17, 15) is 4.79 Å². The molecule has 2 rings (SSSR count). The minimum Gasteiger partial charge on any atom is -0.485 e. The number of rotatable bonds is 6. The highest BCUT2D eigenvalue weighted by molar-refractivity contribution is 7.14. The number of carboxylic acids is 1. The summed E-state index contributed by atoms with van der Waals surface area (Å²) in [6.07, 6.45) is 3.57. The maximum absolute atomic E-state index is 11.2. The van der Waals surface area contributed by atoms with Gasteiger partial charge in [0.25, 0.3) is 0 Å². The van der Waals surface area contributed by atoms with Crippen LogP contribution in [0.15, 0.2) is 12.3 Å². The van der Waals surface area contributed by atoms with E-state index in [1.807, 2.05) is 0 Å². The van der Waals surface area contributed by atoms with Crippen molar-refractivity contribution >= 4 is 17.3 Å². The molecule has 19 heavy (non-hydrogen) atoms. The number of nitrogens with zero attached hydrogens (tertiary/aromatic N) is 3. The average molecular weight is 281 g/mol. The van der Waals surface area contributed by atoms with Crippen LogP contribution in [0, 0.1) is 0 Å². The molecule has 0 radical (unpaired) electrons. The van der Waals surface area contributed by atoms with Crippen LogP contribution in [0.4, 0.5) is 0 Å². The molecule has 1 N–H and O–H groups in total. The minimum atomic E-state index is -0.957. The van der Waals surface area contributed by atoms with Crippen LogP contribution in [0.3, 0.4) is 0 Å². The van der Waals surface area contributed by atoms with Crippen LogP contribution < -0.4 is 4.74 Å². The molecule has 0 saturated heterocycles. The van der Waals surface area contributed by atoms with E-state index >= 15 is 0 Å². The van der Waals surface area contributed by atoms with Gasteiger partial charge in [-0.15, -0.1) is 16.4 Å². The van der Waals surface area contributed by atoms with Crippen molar-refractivity contribution in [2.24, 2.45) is 7.05 Å². The van der Waals surface area contributed by atoms with Gasteiger partial charge in [-0.05, 0) is 12.5 Å². The third kappa shape index (κ3) is 3.31. The summed E-state index contributed by atoms with van der Waals surface area (Å²) in [5.41, 5.74) is 0.669. The van der Waals surface area contributed by atoms with E-state index < -0.39 is 5.97 Å². The second kappa shape index (κ2) is 5.83. The number of thiophene rings is 1. The van der Waals surface area contributed by atoms with Gasteiger partial charge in [-0.3, -0.25) is 4.68 Å². The van der Waals surface area contributed by atoms with Crippen LogP contribution in [0.5, 0.6) is 5.75 Å². The third-order valence-electron chi connectivity index (χ3n) is 2.47. The molecule has 2 aromatic rings. The summed E-state index contributed by atoms with van der Waals surface area (Å²) in [6.45, 7) is 2.27. The summed E-state index contributed by atoms with van der Waals surface area (Å²) in [5, 5.41) is 16.8. The maximum atomic E-state index is 11.2. The van der Waals surface area contributed by atoms with E-state index in [0.29, 0.717) is 11.4 Å². The van der Waals surface area contributed by atoms with Crippen molar-refractivity contribution in [2.75, 3.05) is 0 Å². The molecule has 0 saturated carbocycles. The number of aromatic nitrogens is 3. The number of aromatic carboxylic acids is 1. The molecule has 0 aliphatic carbocycles. The average Bonchev–Trinajstić information content (AvgIpc) is 2.93. The Morgan fingerprint density at radius 2 is 2.37 bits per heavy atom. The Balaban J connectivity index is 2.11. The van der Waals surface area contributed by atoms with Crippen LogP contribution in [0.1, 0.15) is 33.6 Å². The summed E-state index contributed by atoms with van der Waals surface area (Å²) < 4.78 is 7.11. The topological polar surface area (TPSA) is 77.2 Å². The van der Waals surface area contributed by atoms with Gasteiger partial charge in [0, 0.05) is 11.9 Å². The Morgan fingerprint density at radius 3 is 2.95 bits per heavy atom. The van der Waals surface area contributed by atoms with Crippen molar-refractivity contribution in [2.45, 2.75) is 26.4 Å². The zero-order valence-corrected chi connectivity index (χ0v) is 11.6.